The summed E-state index contributed by atoms with van der Waals surface area (Å²) in [6.07, 6.45) is 4.90. The highest BCUT2D eigenvalue weighted by Crippen LogP contribution is 2.30. The van der Waals surface area contributed by atoms with E-state index in [0.717, 1.165) is 0 Å². The van der Waals surface area contributed by atoms with Gasteiger partial charge >= 0.3 is 0 Å². The van der Waals surface area contributed by atoms with Gasteiger partial charge in [0.1, 0.15) is 18.2 Å². The number of aromatic nitrogens is 2. The molecule has 0 fully saturated rings. The first kappa shape index (κ1) is 17.5. The molecular weight excluding hydrogens is 307 g/mol. The number of hydrogen-bond donors (Lipinski definition) is 2. The average molecular weight is 326 g/mol. The summed E-state index contributed by atoms with van der Waals surface area (Å²) in [6.45, 7) is 6.39. The third-order valence-corrected chi connectivity index (χ3v) is 3.52. The van der Waals surface area contributed by atoms with E-state index in [1.807, 2.05) is 0 Å². The van der Waals surface area contributed by atoms with Gasteiger partial charge in [-0.1, -0.05) is 6.08 Å². The fraction of sp³-hybridized carbons (Fsp3) is 0.222. The van der Waals surface area contributed by atoms with Crippen LogP contribution in [0.1, 0.15) is 23.9 Å². The van der Waals surface area contributed by atoms with Crippen LogP contribution in [0.25, 0.3) is 11.1 Å². The van der Waals surface area contributed by atoms with Crippen molar-refractivity contribution in [3.05, 3.63) is 54.1 Å². The van der Waals surface area contributed by atoms with E-state index in [1.54, 1.807) is 37.5 Å². The Bertz CT molecular complexity index is 784. The number of ketones is 1. The predicted molar refractivity (Wildman–Crippen MR) is 93.2 cm³/mol. The maximum absolute atomic E-state index is 13.6. The summed E-state index contributed by atoms with van der Waals surface area (Å²) in [7, 11) is 0. The molecule has 0 atom stereocenters. The lowest BCUT2D eigenvalue weighted by molar-refractivity contribution is -0.111. The number of alkyl halides is 1. The number of nitrogens with one attached hydrogen (secondary N) is 2. The minimum absolute atomic E-state index is 0.175. The monoisotopic (exact) mass is 326 g/mol. The summed E-state index contributed by atoms with van der Waals surface area (Å²) in [5.74, 6) is 0.240. The molecule has 0 amide bonds. The topological polar surface area (TPSA) is 78.7 Å². The lowest BCUT2D eigenvalue weighted by Crippen LogP contribution is -2.15. The number of aryl methyl sites for hydroxylation is 1. The van der Waals surface area contributed by atoms with Crippen molar-refractivity contribution in [3.63, 3.8) is 0 Å². The average Bonchev–Trinajstić information content (AvgIpc) is 2.59. The van der Waals surface area contributed by atoms with Crippen LogP contribution in [0.3, 0.4) is 0 Å². The number of Topliss-reactive ketones (excluding diaryl/α,β-unsaturated/α-hetero) is 1. The van der Waals surface area contributed by atoms with Crippen LogP contribution in [-0.4, -0.2) is 28.0 Å². The molecular formula is C18H19FN4O. The highest BCUT2D eigenvalue weighted by Gasteiger charge is 2.17. The van der Waals surface area contributed by atoms with Gasteiger partial charge in [0.15, 0.2) is 5.78 Å². The summed E-state index contributed by atoms with van der Waals surface area (Å²) in [4.78, 5) is 19.9. The zero-order valence-corrected chi connectivity index (χ0v) is 13.7. The summed E-state index contributed by atoms with van der Waals surface area (Å²) in [5.41, 5.74) is 2.35. The van der Waals surface area contributed by atoms with Gasteiger partial charge in [-0.3, -0.25) is 10.2 Å². The fourth-order valence-corrected chi connectivity index (χ4v) is 2.29. The van der Waals surface area contributed by atoms with Crippen molar-refractivity contribution < 1.29 is 9.18 Å². The van der Waals surface area contributed by atoms with E-state index in [0.29, 0.717) is 40.3 Å². The largest absolute Gasteiger partial charge is 0.381 e. The molecule has 6 heteroatoms. The molecule has 5 nitrogen and oxygen atoms in total. The smallest absolute Gasteiger partial charge is 0.178 e. The van der Waals surface area contributed by atoms with E-state index >= 15 is 0 Å². The Morgan fingerprint density at radius 2 is 2.00 bits per heavy atom. The van der Waals surface area contributed by atoms with Crippen LogP contribution in [0.4, 0.5) is 10.1 Å². The molecule has 0 unspecified atom stereocenters. The van der Waals surface area contributed by atoms with E-state index in [1.165, 1.54) is 6.92 Å². The molecule has 0 bridgehead atoms. The number of anilines is 1. The van der Waals surface area contributed by atoms with Crippen molar-refractivity contribution in [3.8, 4) is 11.1 Å². The molecule has 2 aromatic rings. The molecule has 0 saturated heterocycles. The van der Waals surface area contributed by atoms with Gasteiger partial charge in [-0.05, 0) is 24.6 Å². The van der Waals surface area contributed by atoms with Crippen molar-refractivity contribution in [2.24, 2.45) is 0 Å². The quantitative estimate of drug-likeness (QED) is 0.603. The molecule has 1 heterocycles. The number of hydrogen-bond acceptors (Lipinski definition) is 5. The Labute approximate surface area is 140 Å². The van der Waals surface area contributed by atoms with Gasteiger partial charge in [0.2, 0.25) is 0 Å². The molecule has 24 heavy (non-hydrogen) atoms. The van der Waals surface area contributed by atoms with Gasteiger partial charge in [-0.15, -0.1) is 6.58 Å². The van der Waals surface area contributed by atoms with Crippen molar-refractivity contribution in [1.82, 2.24) is 9.97 Å². The molecule has 0 aliphatic carbocycles. The maximum Gasteiger partial charge on any atom is 0.178 e. The Morgan fingerprint density at radius 3 is 2.54 bits per heavy atom. The van der Waals surface area contributed by atoms with Crippen LogP contribution in [0, 0.1) is 12.3 Å². The SMILES string of the molecule is C=CCNc1c(CF)cc(-c2cnc(C)nc2)cc1C(=N)C(C)=O. The van der Waals surface area contributed by atoms with E-state index in [4.69, 9.17) is 5.41 Å². The third kappa shape index (κ3) is 3.71. The predicted octanol–water partition coefficient (Wildman–Crippen LogP) is 3.48. The molecule has 0 aliphatic heterocycles. The number of carbonyl (C=O) groups is 1. The Morgan fingerprint density at radius 1 is 1.33 bits per heavy atom. The van der Waals surface area contributed by atoms with Crippen LogP contribution < -0.4 is 5.32 Å². The van der Waals surface area contributed by atoms with E-state index < -0.39 is 12.5 Å². The number of benzene rings is 1. The Kier molecular flexibility index (Phi) is 5.52. The molecule has 2 N–H and O–H groups in total. The van der Waals surface area contributed by atoms with Crippen LogP contribution >= 0.6 is 0 Å². The zero-order valence-electron chi connectivity index (χ0n) is 13.7. The second-order valence-corrected chi connectivity index (χ2v) is 5.31. The van der Waals surface area contributed by atoms with E-state index in [-0.39, 0.29) is 5.71 Å². The fourth-order valence-electron chi connectivity index (χ4n) is 2.29. The molecule has 2 rings (SSSR count). The van der Waals surface area contributed by atoms with Crippen LogP contribution in [-0.2, 0) is 11.5 Å². The molecule has 0 saturated carbocycles. The van der Waals surface area contributed by atoms with E-state index in [9.17, 15) is 9.18 Å². The summed E-state index contributed by atoms with van der Waals surface area (Å²) in [6, 6.07) is 3.36. The lowest BCUT2D eigenvalue weighted by atomic mass is 9.95. The molecule has 0 spiro atoms. The highest BCUT2D eigenvalue weighted by atomic mass is 19.1. The van der Waals surface area contributed by atoms with Crippen LogP contribution in [0.2, 0.25) is 0 Å². The first-order valence-corrected chi connectivity index (χ1v) is 7.44. The second kappa shape index (κ2) is 7.59. The summed E-state index contributed by atoms with van der Waals surface area (Å²) in [5, 5.41) is 11.1. The van der Waals surface area contributed by atoms with Crippen LogP contribution in [0.15, 0.2) is 37.2 Å². The van der Waals surface area contributed by atoms with Gasteiger partial charge in [0.25, 0.3) is 0 Å². The second-order valence-electron chi connectivity index (χ2n) is 5.31. The maximum atomic E-state index is 13.6. The molecule has 1 aromatic heterocycles. The minimum Gasteiger partial charge on any atom is -0.381 e. The third-order valence-electron chi connectivity index (χ3n) is 3.52. The van der Waals surface area contributed by atoms with Gasteiger partial charge in [-0.25, -0.2) is 14.4 Å². The number of halogens is 1. The number of rotatable bonds is 7. The van der Waals surface area contributed by atoms with Crippen LogP contribution in [0.5, 0.6) is 0 Å². The Hall–Kier alpha value is -2.89. The first-order valence-electron chi connectivity index (χ1n) is 7.44. The standard InChI is InChI=1S/C18H19FN4O/c1-4-5-21-18-14(8-19)6-13(7-16(18)17(20)11(2)24)15-9-22-12(3)23-10-15/h4,6-7,9-10,20-21H,1,5,8H2,2-3H3. The Balaban J connectivity index is 2.64. The van der Waals surface area contributed by atoms with E-state index in [2.05, 4.69) is 21.9 Å². The van der Waals surface area contributed by atoms with Crippen molar-refractivity contribution >= 4 is 17.2 Å². The lowest BCUT2D eigenvalue weighted by Gasteiger charge is -2.16. The summed E-state index contributed by atoms with van der Waals surface area (Å²) < 4.78 is 13.6. The normalized spacial score (nSPS) is 10.3. The minimum atomic E-state index is -0.724. The van der Waals surface area contributed by atoms with Gasteiger partial charge in [0.05, 0.1) is 0 Å². The van der Waals surface area contributed by atoms with Crippen molar-refractivity contribution in [1.29, 1.82) is 5.41 Å². The van der Waals surface area contributed by atoms with Crippen molar-refractivity contribution in [2.75, 3.05) is 11.9 Å². The van der Waals surface area contributed by atoms with Gasteiger partial charge < -0.3 is 5.32 Å². The highest BCUT2D eigenvalue weighted by molar-refractivity contribution is 6.45. The number of nitrogens with zero attached hydrogens (tertiary/aromatic N) is 2. The van der Waals surface area contributed by atoms with Crippen molar-refractivity contribution in [2.45, 2.75) is 20.5 Å². The molecule has 0 radical (unpaired) electrons. The molecule has 124 valence electrons. The molecule has 0 aliphatic rings. The zero-order chi connectivity index (χ0) is 17.7. The summed E-state index contributed by atoms with van der Waals surface area (Å²) >= 11 is 0. The molecule has 1 aromatic carbocycles. The van der Waals surface area contributed by atoms with Gasteiger partial charge in [-0.2, -0.15) is 0 Å². The van der Waals surface area contributed by atoms with Gasteiger partial charge in [0, 0.05) is 48.2 Å². The first-order chi connectivity index (χ1) is 11.5. The number of carbonyl (C=O) groups excluding carboxylic acids is 1.